The van der Waals surface area contributed by atoms with Gasteiger partial charge in [-0.1, -0.05) is 28.8 Å². The Bertz CT molecular complexity index is 1350. The van der Waals surface area contributed by atoms with Crippen molar-refractivity contribution in [2.24, 2.45) is 0 Å². The van der Waals surface area contributed by atoms with Gasteiger partial charge < -0.3 is 14.8 Å². The standard InChI is InChI=1S/C23H19ClN6O3S/c1-13-9-17(16-3-2-4-19-20(16)32-8-7-25-19)18(11-26-13)21(31)28-22-29-30-23(34-22)33-12-15-6-5-14(24)10-27-15/h2-6,9-11,25H,7-8,12H2,1H3,(H,28,29,31). The molecule has 0 radical (unpaired) electrons. The highest BCUT2D eigenvalue weighted by Crippen LogP contribution is 2.39. The van der Waals surface area contributed by atoms with E-state index in [-0.39, 0.29) is 12.5 Å². The Balaban J connectivity index is 1.35. The first-order valence-corrected chi connectivity index (χ1v) is 11.6. The van der Waals surface area contributed by atoms with Crippen molar-refractivity contribution >= 4 is 39.7 Å². The summed E-state index contributed by atoms with van der Waals surface area (Å²) in [4.78, 5) is 21.7. The SMILES string of the molecule is Cc1cc(-c2cccc3c2OCCN3)c(C(=O)Nc2nnc(OCc3ccc(Cl)cn3)s2)cn1. The molecule has 4 heterocycles. The molecule has 1 aliphatic heterocycles. The van der Waals surface area contributed by atoms with Crippen LogP contribution in [0.1, 0.15) is 21.7 Å². The molecule has 4 aromatic rings. The van der Waals surface area contributed by atoms with E-state index in [0.717, 1.165) is 46.1 Å². The molecule has 0 fully saturated rings. The molecule has 172 valence electrons. The predicted molar refractivity (Wildman–Crippen MR) is 130 cm³/mol. The molecule has 0 saturated heterocycles. The molecule has 0 bridgehead atoms. The Hall–Kier alpha value is -3.76. The maximum absolute atomic E-state index is 13.2. The van der Waals surface area contributed by atoms with Crippen molar-refractivity contribution in [1.82, 2.24) is 20.2 Å². The lowest BCUT2D eigenvalue weighted by Crippen LogP contribution is -2.19. The maximum Gasteiger partial charge on any atom is 0.296 e. The number of pyridine rings is 2. The topological polar surface area (TPSA) is 111 Å². The highest BCUT2D eigenvalue weighted by atomic mass is 35.5. The van der Waals surface area contributed by atoms with Gasteiger partial charge in [0, 0.05) is 35.8 Å². The zero-order valence-corrected chi connectivity index (χ0v) is 19.6. The van der Waals surface area contributed by atoms with Crippen molar-refractivity contribution < 1.29 is 14.3 Å². The summed E-state index contributed by atoms with van der Waals surface area (Å²) in [6.07, 6.45) is 3.10. The number of nitrogens with one attached hydrogen (secondary N) is 2. The molecule has 9 nitrogen and oxygen atoms in total. The van der Waals surface area contributed by atoms with Gasteiger partial charge in [0.2, 0.25) is 5.13 Å². The van der Waals surface area contributed by atoms with E-state index in [1.165, 1.54) is 0 Å². The van der Waals surface area contributed by atoms with Crippen molar-refractivity contribution in [3.63, 3.8) is 0 Å². The number of rotatable bonds is 6. The summed E-state index contributed by atoms with van der Waals surface area (Å²) in [6.45, 7) is 3.37. The fourth-order valence-electron chi connectivity index (χ4n) is 3.46. The first kappa shape index (κ1) is 22.1. The zero-order valence-electron chi connectivity index (χ0n) is 18.0. The molecule has 0 unspecified atom stereocenters. The molecular formula is C23H19ClN6O3S. The van der Waals surface area contributed by atoms with Gasteiger partial charge in [0.05, 0.1) is 22.0 Å². The molecule has 2 N–H and O–H groups in total. The number of para-hydroxylation sites is 1. The van der Waals surface area contributed by atoms with Crippen LogP contribution in [0.3, 0.4) is 0 Å². The number of amides is 1. The van der Waals surface area contributed by atoms with Gasteiger partial charge in [0.25, 0.3) is 11.1 Å². The summed E-state index contributed by atoms with van der Waals surface area (Å²) in [6, 6.07) is 11.2. The number of ether oxygens (including phenoxy) is 2. The van der Waals surface area contributed by atoms with Crippen LogP contribution < -0.4 is 20.1 Å². The van der Waals surface area contributed by atoms with Gasteiger partial charge >= 0.3 is 0 Å². The van der Waals surface area contributed by atoms with Gasteiger partial charge in [0.15, 0.2) is 0 Å². The van der Waals surface area contributed by atoms with Gasteiger partial charge in [-0.15, -0.1) is 5.10 Å². The van der Waals surface area contributed by atoms with Gasteiger partial charge in [-0.3, -0.25) is 20.1 Å². The number of hydrogen-bond acceptors (Lipinski definition) is 9. The van der Waals surface area contributed by atoms with E-state index in [9.17, 15) is 4.79 Å². The molecule has 5 rings (SSSR count). The number of nitrogens with zero attached hydrogens (tertiary/aromatic N) is 4. The summed E-state index contributed by atoms with van der Waals surface area (Å²) in [7, 11) is 0. The minimum absolute atomic E-state index is 0.207. The lowest BCUT2D eigenvalue weighted by molar-refractivity contribution is 0.102. The second-order valence-electron chi connectivity index (χ2n) is 7.41. The number of aromatic nitrogens is 4. The Kier molecular flexibility index (Phi) is 6.24. The first-order chi connectivity index (χ1) is 16.6. The molecule has 11 heteroatoms. The molecule has 0 aliphatic carbocycles. The Morgan fingerprint density at radius 1 is 1.21 bits per heavy atom. The first-order valence-electron chi connectivity index (χ1n) is 10.4. The fourth-order valence-corrected chi connectivity index (χ4v) is 4.16. The van der Waals surface area contributed by atoms with Crippen molar-refractivity contribution in [2.75, 3.05) is 23.8 Å². The normalized spacial score (nSPS) is 12.3. The van der Waals surface area contributed by atoms with Gasteiger partial charge in [-0.25, -0.2) is 0 Å². The van der Waals surface area contributed by atoms with Crippen molar-refractivity contribution in [3.8, 4) is 22.1 Å². The van der Waals surface area contributed by atoms with Crippen molar-refractivity contribution in [2.45, 2.75) is 13.5 Å². The zero-order chi connectivity index (χ0) is 23.5. The van der Waals surface area contributed by atoms with Gasteiger partial charge in [0.1, 0.15) is 19.0 Å². The predicted octanol–water partition coefficient (Wildman–Crippen LogP) is 4.59. The number of hydrogen-bond donors (Lipinski definition) is 2. The van der Waals surface area contributed by atoms with Crippen LogP contribution in [0.5, 0.6) is 10.9 Å². The van der Waals surface area contributed by atoms with Crippen molar-refractivity contribution in [3.05, 3.63) is 70.8 Å². The van der Waals surface area contributed by atoms with Crippen molar-refractivity contribution in [1.29, 1.82) is 0 Å². The molecule has 1 aliphatic rings. The Morgan fingerprint density at radius 2 is 2.12 bits per heavy atom. The molecular weight excluding hydrogens is 476 g/mol. The largest absolute Gasteiger partial charge is 0.489 e. The summed E-state index contributed by atoms with van der Waals surface area (Å²) in [5.41, 5.74) is 4.32. The number of aryl methyl sites for hydroxylation is 1. The summed E-state index contributed by atoms with van der Waals surface area (Å²) in [5.74, 6) is 0.363. The lowest BCUT2D eigenvalue weighted by atomic mass is 9.98. The molecule has 1 amide bonds. The average Bonchev–Trinajstić information content (AvgIpc) is 3.30. The van der Waals surface area contributed by atoms with E-state index in [2.05, 4.69) is 30.8 Å². The van der Waals surface area contributed by atoms with Crippen LogP contribution in [0.4, 0.5) is 10.8 Å². The van der Waals surface area contributed by atoms with Crippen LogP contribution in [0, 0.1) is 6.92 Å². The van der Waals surface area contributed by atoms with Crippen LogP contribution in [-0.4, -0.2) is 39.2 Å². The van der Waals surface area contributed by atoms with Crippen LogP contribution in [0.2, 0.25) is 5.02 Å². The second kappa shape index (κ2) is 9.62. The summed E-state index contributed by atoms with van der Waals surface area (Å²) < 4.78 is 11.5. The van der Waals surface area contributed by atoms with Crippen LogP contribution in [0.25, 0.3) is 11.1 Å². The third-order valence-corrected chi connectivity index (χ3v) is 5.99. The highest BCUT2D eigenvalue weighted by Gasteiger charge is 2.21. The molecule has 1 aromatic carbocycles. The van der Waals surface area contributed by atoms with Crippen LogP contribution in [-0.2, 0) is 6.61 Å². The number of carbonyl (C=O) groups is 1. The van der Waals surface area contributed by atoms with E-state index >= 15 is 0 Å². The lowest BCUT2D eigenvalue weighted by Gasteiger charge is -2.22. The van der Waals surface area contributed by atoms with Crippen LogP contribution in [0.15, 0.2) is 48.8 Å². The third-order valence-electron chi connectivity index (χ3n) is 5.01. The van der Waals surface area contributed by atoms with Crippen LogP contribution >= 0.6 is 22.9 Å². The third kappa shape index (κ3) is 4.78. The smallest absolute Gasteiger partial charge is 0.296 e. The molecule has 3 aromatic heterocycles. The van der Waals surface area contributed by atoms with Gasteiger partial charge in [-0.2, -0.15) is 0 Å². The van der Waals surface area contributed by atoms with E-state index in [1.54, 1.807) is 24.5 Å². The monoisotopic (exact) mass is 494 g/mol. The quantitative estimate of drug-likeness (QED) is 0.400. The second-order valence-corrected chi connectivity index (χ2v) is 8.79. The Labute approximate surface area is 204 Å². The number of fused-ring (bicyclic) bond motifs is 1. The summed E-state index contributed by atoms with van der Waals surface area (Å²) in [5, 5.41) is 15.3. The van der Waals surface area contributed by atoms with Gasteiger partial charge in [-0.05, 0) is 42.5 Å². The van der Waals surface area contributed by atoms with E-state index in [0.29, 0.717) is 33.2 Å². The minimum Gasteiger partial charge on any atom is -0.489 e. The maximum atomic E-state index is 13.2. The molecule has 0 spiro atoms. The fraction of sp³-hybridized carbons (Fsp3) is 0.174. The van der Waals surface area contributed by atoms with E-state index < -0.39 is 0 Å². The average molecular weight is 495 g/mol. The molecule has 34 heavy (non-hydrogen) atoms. The Morgan fingerprint density at radius 3 is 2.97 bits per heavy atom. The number of halogens is 1. The molecule has 0 saturated carbocycles. The highest BCUT2D eigenvalue weighted by molar-refractivity contribution is 7.17. The van der Waals surface area contributed by atoms with E-state index in [1.807, 2.05) is 31.2 Å². The minimum atomic E-state index is -0.356. The van der Waals surface area contributed by atoms with E-state index in [4.69, 9.17) is 21.1 Å². The number of anilines is 2. The summed E-state index contributed by atoms with van der Waals surface area (Å²) >= 11 is 6.97. The number of benzene rings is 1. The molecule has 0 atom stereocenters. The number of carbonyl (C=O) groups excluding carboxylic acids is 1.